The Morgan fingerprint density at radius 1 is 0.280 bits per heavy atom. The Hall–Kier alpha value is -6.44. The minimum Gasteiger partial charge on any atom is -0.310 e. The van der Waals surface area contributed by atoms with Crippen molar-refractivity contribution in [2.24, 2.45) is 0 Å². The monoisotopic (exact) mass is 637 g/mol. The Bertz CT molecular complexity index is 2270. The van der Waals surface area contributed by atoms with Crippen molar-refractivity contribution in [3.05, 3.63) is 235 Å². The molecule has 0 heterocycles. The number of benzene rings is 8. The minimum absolute atomic E-state index is 0.391. The molecular weight excluding hydrogens is 603 g/mol. The van der Waals surface area contributed by atoms with Crippen LogP contribution in [0.2, 0.25) is 0 Å². The molecule has 2 aliphatic carbocycles. The summed E-state index contributed by atoms with van der Waals surface area (Å²) < 4.78 is 0. The maximum Gasteiger partial charge on any atom is 0.0746 e. The van der Waals surface area contributed by atoms with E-state index >= 15 is 0 Å². The number of rotatable bonds is 4. The summed E-state index contributed by atoms with van der Waals surface area (Å²) in [5.74, 6) is 0. The van der Waals surface area contributed by atoms with Crippen molar-refractivity contribution in [2.45, 2.75) is 5.41 Å². The van der Waals surface area contributed by atoms with Gasteiger partial charge < -0.3 is 4.90 Å². The predicted octanol–water partition coefficient (Wildman–Crippen LogP) is 12.9. The summed E-state index contributed by atoms with van der Waals surface area (Å²) >= 11 is 0. The van der Waals surface area contributed by atoms with Gasteiger partial charge in [-0.05, 0) is 80.4 Å². The van der Waals surface area contributed by atoms with Gasteiger partial charge >= 0.3 is 0 Å². The average Bonchev–Trinajstić information content (AvgIpc) is 3.68. The molecule has 0 amide bonds. The van der Waals surface area contributed by atoms with Gasteiger partial charge in [-0.3, -0.25) is 0 Å². The third-order valence-corrected chi connectivity index (χ3v) is 10.1. The molecule has 50 heavy (non-hydrogen) atoms. The van der Waals surface area contributed by atoms with Gasteiger partial charge in [-0.1, -0.05) is 182 Å². The Morgan fingerprint density at radius 3 is 1.06 bits per heavy atom. The lowest BCUT2D eigenvalue weighted by Gasteiger charge is -2.35. The zero-order valence-electron chi connectivity index (χ0n) is 27.7. The van der Waals surface area contributed by atoms with Crippen LogP contribution in [-0.2, 0) is 5.41 Å². The van der Waals surface area contributed by atoms with Crippen molar-refractivity contribution < 1.29 is 0 Å². The molecule has 0 saturated carbocycles. The van der Waals surface area contributed by atoms with E-state index in [2.05, 4.69) is 205 Å². The average molecular weight is 638 g/mol. The lowest BCUT2D eigenvalue weighted by atomic mass is 9.70. The highest BCUT2D eigenvalue weighted by atomic mass is 15.1. The fourth-order valence-electron chi connectivity index (χ4n) is 8.16. The molecule has 0 radical (unpaired) electrons. The molecule has 0 aliphatic heterocycles. The molecule has 1 spiro atoms. The summed E-state index contributed by atoms with van der Waals surface area (Å²) in [5.41, 5.74) is 16.4. The Kier molecular flexibility index (Phi) is 7.44. The molecule has 2 aliphatic rings. The van der Waals surface area contributed by atoms with Crippen LogP contribution in [0, 0.1) is 0 Å². The molecule has 8 aromatic rings. The van der Waals surface area contributed by atoms with Crippen LogP contribution in [0.25, 0.3) is 33.4 Å². The molecule has 8 aromatic carbocycles. The van der Waals surface area contributed by atoms with Gasteiger partial charge in [0.15, 0.2) is 0 Å². The van der Waals surface area contributed by atoms with Gasteiger partial charge in [0.05, 0.1) is 11.1 Å². The van der Waals surface area contributed by atoms with Crippen LogP contribution >= 0.6 is 0 Å². The molecule has 0 N–H and O–H groups in total. The standard InChI is InChI=1S/C37H25N.C12H10/c1-3-14-26(15-4-1)38(27-16-5-2-6-17-27)35-25-13-21-31-30-20-9-12-24-34(30)37(36(31)35)32-22-10-7-18-28(32)29-19-8-11-23-33(29)37;1-3-7-11(8-4-1)12-9-5-2-6-10-12/h1-25H;1-10H. The molecule has 1 heteroatoms. The fourth-order valence-corrected chi connectivity index (χ4v) is 8.16. The third kappa shape index (κ3) is 4.70. The molecule has 1 nitrogen and oxygen atoms in total. The van der Waals surface area contributed by atoms with Gasteiger partial charge in [-0.15, -0.1) is 0 Å². The number of para-hydroxylation sites is 2. The summed E-state index contributed by atoms with van der Waals surface area (Å²) in [6.45, 7) is 0. The summed E-state index contributed by atoms with van der Waals surface area (Å²) in [6, 6.07) is 76.1. The highest BCUT2D eigenvalue weighted by Gasteiger charge is 2.53. The fraction of sp³-hybridized carbons (Fsp3) is 0.0204. The predicted molar refractivity (Wildman–Crippen MR) is 209 cm³/mol. The number of hydrogen-bond acceptors (Lipinski definition) is 1. The smallest absolute Gasteiger partial charge is 0.0746 e. The Balaban J connectivity index is 0.000000237. The van der Waals surface area contributed by atoms with Crippen LogP contribution in [0.5, 0.6) is 0 Å². The molecule has 0 bridgehead atoms. The normalized spacial score (nSPS) is 12.6. The quantitative estimate of drug-likeness (QED) is 0.186. The lowest BCUT2D eigenvalue weighted by Crippen LogP contribution is -2.28. The number of hydrogen-bond donors (Lipinski definition) is 0. The van der Waals surface area contributed by atoms with Crippen LogP contribution in [-0.4, -0.2) is 0 Å². The summed E-state index contributed by atoms with van der Waals surface area (Å²) in [6.07, 6.45) is 0. The SMILES string of the molecule is c1ccc(-c2ccccc2)cc1.c1ccc(N(c2ccccc2)c2cccc3c2C2(c4ccccc4-c4ccccc42)c2ccccc2-3)cc1. The van der Waals surface area contributed by atoms with Crippen molar-refractivity contribution in [3.63, 3.8) is 0 Å². The van der Waals surface area contributed by atoms with Gasteiger partial charge in [0.25, 0.3) is 0 Å². The van der Waals surface area contributed by atoms with Crippen molar-refractivity contribution >= 4 is 17.1 Å². The zero-order chi connectivity index (χ0) is 33.3. The summed E-state index contributed by atoms with van der Waals surface area (Å²) in [5, 5.41) is 0. The van der Waals surface area contributed by atoms with Gasteiger partial charge in [0.1, 0.15) is 0 Å². The van der Waals surface area contributed by atoms with Crippen molar-refractivity contribution in [3.8, 4) is 33.4 Å². The van der Waals surface area contributed by atoms with Crippen LogP contribution < -0.4 is 4.90 Å². The molecule has 0 unspecified atom stereocenters. The maximum atomic E-state index is 2.43. The molecule has 0 atom stereocenters. The Morgan fingerprint density at radius 2 is 0.620 bits per heavy atom. The van der Waals surface area contributed by atoms with E-state index < -0.39 is 5.41 Å². The van der Waals surface area contributed by atoms with Crippen LogP contribution in [0.3, 0.4) is 0 Å². The first kappa shape index (κ1) is 29.7. The molecule has 0 aromatic heterocycles. The second-order valence-corrected chi connectivity index (χ2v) is 12.8. The number of fused-ring (bicyclic) bond motifs is 10. The van der Waals surface area contributed by atoms with Gasteiger partial charge in [0.2, 0.25) is 0 Å². The van der Waals surface area contributed by atoms with E-state index in [0.29, 0.717) is 0 Å². The van der Waals surface area contributed by atoms with E-state index in [4.69, 9.17) is 0 Å². The highest BCUT2D eigenvalue weighted by molar-refractivity contribution is 5.99. The minimum atomic E-state index is -0.391. The highest BCUT2D eigenvalue weighted by Crippen LogP contribution is 2.65. The molecule has 236 valence electrons. The first-order valence-electron chi connectivity index (χ1n) is 17.3. The van der Waals surface area contributed by atoms with Crippen LogP contribution in [0.4, 0.5) is 17.1 Å². The first-order chi connectivity index (χ1) is 24.9. The molecule has 0 fully saturated rings. The van der Waals surface area contributed by atoms with E-state index in [1.165, 1.54) is 61.3 Å². The van der Waals surface area contributed by atoms with E-state index in [9.17, 15) is 0 Å². The van der Waals surface area contributed by atoms with E-state index in [1.807, 2.05) is 12.1 Å². The lowest BCUT2D eigenvalue weighted by molar-refractivity contribution is 0.793. The van der Waals surface area contributed by atoms with E-state index in [-0.39, 0.29) is 0 Å². The number of anilines is 3. The van der Waals surface area contributed by atoms with Crippen molar-refractivity contribution in [1.29, 1.82) is 0 Å². The van der Waals surface area contributed by atoms with E-state index in [0.717, 1.165) is 11.4 Å². The van der Waals surface area contributed by atoms with Gasteiger partial charge in [0, 0.05) is 16.9 Å². The summed E-state index contributed by atoms with van der Waals surface area (Å²) in [4.78, 5) is 2.43. The van der Waals surface area contributed by atoms with Gasteiger partial charge in [-0.2, -0.15) is 0 Å². The van der Waals surface area contributed by atoms with Gasteiger partial charge in [-0.25, -0.2) is 0 Å². The topological polar surface area (TPSA) is 3.24 Å². The van der Waals surface area contributed by atoms with E-state index in [1.54, 1.807) is 0 Å². The second kappa shape index (κ2) is 12.5. The maximum absolute atomic E-state index is 2.43. The second-order valence-electron chi connectivity index (χ2n) is 12.8. The van der Waals surface area contributed by atoms with Crippen molar-refractivity contribution in [2.75, 3.05) is 4.90 Å². The molecule has 0 saturated heterocycles. The largest absolute Gasteiger partial charge is 0.310 e. The third-order valence-electron chi connectivity index (χ3n) is 10.1. The van der Waals surface area contributed by atoms with Crippen LogP contribution in [0.15, 0.2) is 212 Å². The first-order valence-corrected chi connectivity index (χ1v) is 17.3. The number of nitrogens with zero attached hydrogens (tertiary/aromatic N) is 1. The molecular formula is C49H35N. The van der Waals surface area contributed by atoms with Crippen molar-refractivity contribution in [1.82, 2.24) is 0 Å². The van der Waals surface area contributed by atoms with Crippen LogP contribution in [0.1, 0.15) is 22.3 Å². The zero-order valence-corrected chi connectivity index (χ0v) is 27.7. The summed E-state index contributed by atoms with van der Waals surface area (Å²) in [7, 11) is 0. The molecule has 10 rings (SSSR count). The Labute approximate surface area is 294 Å².